The van der Waals surface area contributed by atoms with Crippen LogP contribution in [0.25, 0.3) is 0 Å². The summed E-state index contributed by atoms with van der Waals surface area (Å²) >= 11 is 0. The molecular weight excluding hydrogens is 240 g/mol. The quantitative estimate of drug-likeness (QED) is 0.621. The molecule has 19 heavy (non-hydrogen) atoms. The third kappa shape index (κ3) is 3.28. The van der Waals surface area contributed by atoms with Crippen LogP contribution in [0.2, 0.25) is 0 Å². The highest BCUT2D eigenvalue weighted by Gasteiger charge is 2.10. The molecule has 0 spiro atoms. The topological polar surface area (TPSA) is 43.4 Å². The Hall–Kier alpha value is -2.42. The molecule has 3 heteroatoms. The molecule has 0 aliphatic carbocycles. The first-order valence-electron chi connectivity index (χ1n) is 5.99. The van der Waals surface area contributed by atoms with Gasteiger partial charge in [-0.2, -0.15) is 0 Å². The van der Waals surface area contributed by atoms with E-state index >= 15 is 0 Å². The van der Waals surface area contributed by atoms with E-state index in [4.69, 9.17) is 4.74 Å². The normalized spacial score (nSPS) is 9.95. The van der Waals surface area contributed by atoms with Gasteiger partial charge in [0, 0.05) is 11.1 Å². The van der Waals surface area contributed by atoms with Crippen molar-refractivity contribution in [3.05, 3.63) is 71.3 Å². The van der Waals surface area contributed by atoms with Gasteiger partial charge in [0.2, 0.25) is 0 Å². The summed E-state index contributed by atoms with van der Waals surface area (Å²) in [4.78, 5) is 23.2. The Morgan fingerprint density at radius 2 is 1.58 bits per heavy atom. The molecule has 96 valence electrons. The Morgan fingerprint density at radius 1 is 0.947 bits per heavy atom. The number of hydrogen-bond donors (Lipinski definition) is 0. The van der Waals surface area contributed by atoms with Crippen molar-refractivity contribution in [2.75, 3.05) is 0 Å². The molecule has 0 heterocycles. The molecule has 0 N–H and O–H groups in total. The molecule has 0 aliphatic heterocycles. The predicted molar refractivity (Wildman–Crippen MR) is 72.0 cm³/mol. The maximum atomic E-state index is 11.8. The third-order valence-electron chi connectivity index (χ3n) is 2.76. The third-order valence-corrected chi connectivity index (χ3v) is 2.76. The molecule has 0 aliphatic rings. The molecule has 0 saturated heterocycles. The van der Waals surface area contributed by atoms with Crippen molar-refractivity contribution >= 4 is 11.8 Å². The van der Waals surface area contributed by atoms with E-state index < -0.39 is 0 Å². The van der Waals surface area contributed by atoms with E-state index in [9.17, 15) is 9.59 Å². The van der Waals surface area contributed by atoms with Gasteiger partial charge in [-0.15, -0.1) is 0 Å². The first-order valence-corrected chi connectivity index (χ1v) is 5.99. The number of Topliss-reactive ketones (excluding diaryl/α,β-unsaturated/α-hetero) is 1. The molecular formula is C16H14O3. The molecule has 2 rings (SSSR count). The van der Waals surface area contributed by atoms with Crippen LogP contribution in [-0.4, -0.2) is 11.8 Å². The van der Waals surface area contributed by atoms with Crippen molar-refractivity contribution < 1.29 is 14.3 Å². The van der Waals surface area contributed by atoms with Gasteiger partial charge in [-0.1, -0.05) is 42.5 Å². The number of ketones is 1. The Bertz CT molecular complexity index is 588. The van der Waals surface area contributed by atoms with Crippen LogP contribution in [0.5, 0.6) is 0 Å². The molecule has 0 bridgehead atoms. The van der Waals surface area contributed by atoms with E-state index in [2.05, 4.69) is 0 Å². The van der Waals surface area contributed by atoms with E-state index in [-0.39, 0.29) is 18.4 Å². The van der Waals surface area contributed by atoms with Crippen LogP contribution in [0.15, 0.2) is 54.6 Å². The van der Waals surface area contributed by atoms with Crippen molar-refractivity contribution in [3.63, 3.8) is 0 Å². The van der Waals surface area contributed by atoms with Crippen molar-refractivity contribution in [2.45, 2.75) is 13.5 Å². The maximum Gasteiger partial charge on any atom is 0.338 e. The van der Waals surface area contributed by atoms with E-state index in [1.807, 2.05) is 12.1 Å². The Balaban J connectivity index is 2.07. The fourth-order valence-electron chi connectivity index (χ4n) is 1.79. The highest BCUT2D eigenvalue weighted by Crippen LogP contribution is 2.12. The van der Waals surface area contributed by atoms with Gasteiger partial charge in [0.15, 0.2) is 5.78 Å². The molecule has 2 aromatic carbocycles. The van der Waals surface area contributed by atoms with Crippen LogP contribution in [0.4, 0.5) is 0 Å². The van der Waals surface area contributed by atoms with E-state index in [1.54, 1.807) is 42.5 Å². The van der Waals surface area contributed by atoms with Crippen LogP contribution >= 0.6 is 0 Å². The summed E-state index contributed by atoms with van der Waals surface area (Å²) < 4.78 is 5.21. The van der Waals surface area contributed by atoms with Gasteiger partial charge in [0.05, 0.1) is 5.56 Å². The second-order valence-electron chi connectivity index (χ2n) is 4.16. The molecule has 3 nitrogen and oxygen atoms in total. The SMILES string of the molecule is CC(=O)c1ccccc1COC(=O)c1ccccc1. The van der Waals surface area contributed by atoms with Crippen molar-refractivity contribution in [2.24, 2.45) is 0 Å². The minimum Gasteiger partial charge on any atom is -0.457 e. The van der Waals surface area contributed by atoms with Crippen LogP contribution < -0.4 is 0 Å². The maximum absolute atomic E-state index is 11.8. The Labute approximate surface area is 111 Å². The zero-order valence-electron chi connectivity index (χ0n) is 10.6. The lowest BCUT2D eigenvalue weighted by Gasteiger charge is -2.08. The summed E-state index contributed by atoms with van der Waals surface area (Å²) in [5.41, 5.74) is 1.81. The number of hydrogen-bond acceptors (Lipinski definition) is 3. The van der Waals surface area contributed by atoms with Crippen LogP contribution in [-0.2, 0) is 11.3 Å². The summed E-state index contributed by atoms with van der Waals surface area (Å²) in [5.74, 6) is -0.426. The van der Waals surface area contributed by atoms with E-state index in [1.165, 1.54) is 6.92 Å². The molecule has 0 unspecified atom stereocenters. The smallest absolute Gasteiger partial charge is 0.338 e. The van der Waals surface area contributed by atoms with Crippen molar-refractivity contribution in [1.29, 1.82) is 0 Å². The minimum atomic E-state index is -0.390. The lowest BCUT2D eigenvalue weighted by molar-refractivity contribution is 0.0470. The number of rotatable bonds is 4. The number of esters is 1. The molecule has 0 radical (unpaired) electrons. The Kier molecular flexibility index (Phi) is 4.08. The zero-order chi connectivity index (χ0) is 13.7. The van der Waals surface area contributed by atoms with Gasteiger partial charge in [-0.3, -0.25) is 4.79 Å². The van der Waals surface area contributed by atoms with Crippen molar-refractivity contribution in [1.82, 2.24) is 0 Å². The summed E-state index contributed by atoms with van der Waals surface area (Å²) in [6.07, 6.45) is 0. The van der Waals surface area contributed by atoms with Gasteiger partial charge >= 0.3 is 5.97 Å². The fraction of sp³-hybridized carbons (Fsp3) is 0.125. The molecule has 0 fully saturated rings. The largest absolute Gasteiger partial charge is 0.457 e. The van der Waals surface area contributed by atoms with Crippen LogP contribution in [0.1, 0.15) is 33.2 Å². The highest BCUT2D eigenvalue weighted by atomic mass is 16.5. The molecule has 0 saturated carbocycles. The lowest BCUT2D eigenvalue weighted by atomic mass is 10.1. The second kappa shape index (κ2) is 5.96. The molecule has 0 atom stereocenters. The molecule has 0 aromatic heterocycles. The van der Waals surface area contributed by atoms with Gasteiger partial charge in [-0.05, 0) is 19.1 Å². The minimum absolute atomic E-state index is 0.0358. The number of ether oxygens (including phenoxy) is 1. The average Bonchev–Trinajstić information content (AvgIpc) is 2.46. The lowest BCUT2D eigenvalue weighted by Crippen LogP contribution is -2.07. The monoisotopic (exact) mass is 254 g/mol. The number of benzene rings is 2. The van der Waals surface area contributed by atoms with Crippen LogP contribution in [0, 0.1) is 0 Å². The molecule has 0 amide bonds. The van der Waals surface area contributed by atoms with E-state index in [0.29, 0.717) is 11.1 Å². The summed E-state index contributed by atoms with van der Waals surface area (Å²) in [6, 6.07) is 15.9. The number of carbonyl (C=O) groups is 2. The molecule has 2 aromatic rings. The standard InChI is InChI=1S/C16H14O3/c1-12(17)15-10-6-5-9-14(15)11-19-16(18)13-7-3-2-4-8-13/h2-10H,11H2,1H3. The van der Waals surface area contributed by atoms with Gasteiger partial charge in [-0.25, -0.2) is 4.79 Å². The Morgan fingerprint density at radius 3 is 2.26 bits per heavy atom. The van der Waals surface area contributed by atoms with Gasteiger partial charge in [0.1, 0.15) is 6.61 Å². The van der Waals surface area contributed by atoms with E-state index in [0.717, 1.165) is 5.56 Å². The number of carbonyl (C=O) groups excluding carboxylic acids is 2. The predicted octanol–water partition coefficient (Wildman–Crippen LogP) is 3.25. The second-order valence-corrected chi connectivity index (χ2v) is 4.16. The zero-order valence-corrected chi connectivity index (χ0v) is 10.6. The summed E-state index contributed by atoms with van der Waals surface area (Å²) in [7, 11) is 0. The van der Waals surface area contributed by atoms with Gasteiger partial charge in [0.25, 0.3) is 0 Å². The highest BCUT2D eigenvalue weighted by molar-refractivity contribution is 5.95. The summed E-state index contributed by atoms with van der Waals surface area (Å²) in [6.45, 7) is 1.60. The first kappa shape index (κ1) is 13.0. The summed E-state index contributed by atoms with van der Waals surface area (Å²) in [5, 5.41) is 0. The average molecular weight is 254 g/mol. The van der Waals surface area contributed by atoms with Crippen LogP contribution in [0.3, 0.4) is 0 Å². The fourth-order valence-corrected chi connectivity index (χ4v) is 1.79. The van der Waals surface area contributed by atoms with Gasteiger partial charge < -0.3 is 4.74 Å². The first-order chi connectivity index (χ1) is 9.18. The van der Waals surface area contributed by atoms with Crippen molar-refractivity contribution in [3.8, 4) is 0 Å².